The van der Waals surface area contributed by atoms with Gasteiger partial charge in [-0.05, 0) is 12.8 Å². The Morgan fingerprint density at radius 3 is 2.75 bits per heavy atom. The number of anilines is 1. The molecule has 0 bridgehead atoms. The van der Waals surface area contributed by atoms with Gasteiger partial charge in [-0.1, -0.05) is 12.8 Å². The molecule has 0 saturated heterocycles. The maximum absolute atomic E-state index is 11.3. The normalized spacial score (nSPS) is 16.3. The molecule has 2 N–H and O–H groups in total. The van der Waals surface area contributed by atoms with Crippen LogP contribution in [0.3, 0.4) is 0 Å². The minimum atomic E-state index is -0.536. The van der Waals surface area contributed by atoms with E-state index in [1.807, 2.05) is 0 Å². The molecule has 1 aliphatic rings. The molecule has 1 aromatic rings. The molecular formula is C11H15N3O2. The van der Waals surface area contributed by atoms with Crippen molar-refractivity contribution >= 4 is 11.8 Å². The summed E-state index contributed by atoms with van der Waals surface area (Å²) in [5.74, 6) is 0.266. The minimum absolute atomic E-state index is 0.0596. The number of nitrogens with two attached hydrogens (primary N) is 1. The molecule has 1 heterocycles. The number of aromatic nitrogens is 2. The highest BCUT2D eigenvalue weighted by molar-refractivity contribution is 5.85. The lowest BCUT2D eigenvalue weighted by Gasteiger charge is -2.09. The van der Waals surface area contributed by atoms with Crippen LogP contribution in [0.15, 0.2) is 6.07 Å². The Morgan fingerprint density at radius 2 is 2.12 bits per heavy atom. The molecule has 1 saturated carbocycles. The van der Waals surface area contributed by atoms with Gasteiger partial charge in [0.05, 0.1) is 7.11 Å². The molecule has 0 aliphatic heterocycles. The first-order chi connectivity index (χ1) is 7.70. The van der Waals surface area contributed by atoms with Crippen molar-refractivity contribution in [3.63, 3.8) is 0 Å². The van der Waals surface area contributed by atoms with Crippen molar-refractivity contribution < 1.29 is 9.53 Å². The van der Waals surface area contributed by atoms with Crippen molar-refractivity contribution in [1.82, 2.24) is 9.97 Å². The number of methoxy groups -OCH3 is 1. The number of rotatable bonds is 2. The fraction of sp³-hybridized carbons (Fsp3) is 0.545. The summed E-state index contributed by atoms with van der Waals surface area (Å²) in [6.07, 6.45) is 4.64. The third-order valence-corrected chi connectivity index (χ3v) is 2.91. The Bertz CT molecular complexity index is 400. The Morgan fingerprint density at radius 1 is 1.44 bits per heavy atom. The van der Waals surface area contributed by atoms with E-state index in [2.05, 4.69) is 14.7 Å². The first-order valence-electron chi connectivity index (χ1n) is 5.43. The molecule has 5 nitrogen and oxygen atoms in total. The number of carbonyl (C=O) groups is 1. The van der Waals surface area contributed by atoms with Gasteiger partial charge in [0.25, 0.3) is 0 Å². The Kier molecular flexibility index (Phi) is 3.03. The van der Waals surface area contributed by atoms with Crippen molar-refractivity contribution in [3.8, 4) is 0 Å². The monoisotopic (exact) mass is 221 g/mol. The number of nitrogen functional groups attached to an aromatic ring is 1. The summed E-state index contributed by atoms with van der Waals surface area (Å²) in [5, 5.41) is 0. The topological polar surface area (TPSA) is 78.1 Å². The van der Waals surface area contributed by atoms with Crippen LogP contribution in [0.5, 0.6) is 0 Å². The largest absolute Gasteiger partial charge is 0.463 e. The van der Waals surface area contributed by atoms with Gasteiger partial charge in [-0.25, -0.2) is 14.8 Å². The maximum atomic E-state index is 11.3. The molecule has 16 heavy (non-hydrogen) atoms. The first kappa shape index (κ1) is 10.9. The van der Waals surface area contributed by atoms with Crippen LogP contribution in [0.2, 0.25) is 0 Å². The van der Waals surface area contributed by atoms with E-state index in [0.717, 1.165) is 18.5 Å². The molecule has 2 rings (SSSR count). The predicted molar refractivity (Wildman–Crippen MR) is 59.0 cm³/mol. The van der Waals surface area contributed by atoms with Crippen molar-refractivity contribution in [2.75, 3.05) is 12.8 Å². The van der Waals surface area contributed by atoms with Gasteiger partial charge in [0.2, 0.25) is 5.82 Å². The summed E-state index contributed by atoms with van der Waals surface area (Å²) in [4.78, 5) is 19.4. The van der Waals surface area contributed by atoms with E-state index in [1.165, 1.54) is 20.0 Å². The number of nitrogens with zero attached hydrogens (tertiary/aromatic N) is 2. The predicted octanol–water partition coefficient (Wildman–Crippen LogP) is 1.50. The van der Waals surface area contributed by atoms with Gasteiger partial charge in [0, 0.05) is 17.7 Å². The highest BCUT2D eigenvalue weighted by Crippen LogP contribution is 2.33. The van der Waals surface area contributed by atoms with Crippen molar-refractivity contribution in [1.29, 1.82) is 0 Å². The lowest BCUT2D eigenvalue weighted by atomic mass is 10.0. The first-order valence-corrected chi connectivity index (χ1v) is 5.43. The second kappa shape index (κ2) is 4.47. The molecule has 0 amide bonds. The summed E-state index contributed by atoms with van der Waals surface area (Å²) in [7, 11) is 1.31. The third kappa shape index (κ3) is 2.13. The van der Waals surface area contributed by atoms with E-state index in [0.29, 0.717) is 11.7 Å². The van der Waals surface area contributed by atoms with Crippen molar-refractivity contribution in [2.45, 2.75) is 31.6 Å². The SMILES string of the molecule is COC(=O)c1nc(N)cc(C2CCCC2)n1. The van der Waals surface area contributed by atoms with Crippen LogP contribution in [0.4, 0.5) is 5.82 Å². The quantitative estimate of drug-likeness (QED) is 0.766. The van der Waals surface area contributed by atoms with Crippen LogP contribution in [0.1, 0.15) is 47.9 Å². The van der Waals surface area contributed by atoms with Crippen LogP contribution >= 0.6 is 0 Å². The number of ether oxygens (including phenoxy) is 1. The van der Waals surface area contributed by atoms with Crippen LogP contribution in [-0.4, -0.2) is 23.0 Å². The Labute approximate surface area is 94.0 Å². The standard InChI is InChI=1S/C11H15N3O2/c1-16-11(15)10-13-8(6-9(12)14-10)7-4-2-3-5-7/h6-7H,2-5H2,1H3,(H2,12,13,14). The summed E-state index contributed by atoms with van der Waals surface area (Å²) in [6, 6.07) is 1.75. The van der Waals surface area contributed by atoms with E-state index in [-0.39, 0.29) is 5.82 Å². The van der Waals surface area contributed by atoms with Crippen molar-refractivity contribution in [3.05, 3.63) is 17.6 Å². The van der Waals surface area contributed by atoms with E-state index in [4.69, 9.17) is 5.73 Å². The highest BCUT2D eigenvalue weighted by atomic mass is 16.5. The molecule has 86 valence electrons. The van der Waals surface area contributed by atoms with Gasteiger partial charge in [0.15, 0.2) is 0 Å². The summed E-state index contributed by atoms with van der Waals surface area (Å²) < 4.78 is 4.59. The molecule has 0 atom stereocenters. The van der Waals surface area contributed by atoms with Gasteiger partial charge in [0.1, 0.15) is 5.82 Å². The molecule has 1 aliphatic carbocycles. The second-order valence-corrected chi connectivity index (χ2v) is 4.01. The van der Waals surface area contributed by atoms with Crippen LogP contribution in [0.25, 0.3) is 0 Å². The third-order valence-electron chi connectivity index (χ3n) is 2.91. The van der Waals surface area contributed by atoms with Gasteiger partial charge < -0.3 is 10.5 Å². The molecule has 1 aromatic heterocycles. The average molecular weight is 221 g/mol. The van der Waals surface area contributed by atoms with Gasteiger partial charge in [-0.2, -0.15) is 0 Å². The van der Waals surface area contributed by atoms with E-state index in [9.17, 15) is 4.79 Å². The molecular weight excluding hydrogens is 206 g/mol. The zero-order valence-corrected chi connectivity index (χ0v) is 9.27. The van der Waals surface area contributed by atoms with Gasteiger partial charge in [-0.15, -0.1) is 0 Å². The Balaban J connectivity index is 2.31. The zero-order chi connectivity index (χ0) is 11.5. The summed E-state index contributed by atoms with van der Waals surface area (Å²) in [5.41, 5.74) is 6.53. The van der Waals surface area contributed by atoms with Crippen LogP contribution in [0, 0.1) is 0 Å². The molecule has 0 radical (unpaired) electrons. The van der Waals surface area contributed by atoms with E-state index < -0.39 is 5.97 Å². The van der Waals surface area contributed by atoms with Gasteiger partial charge in [-0.3, -0.25) is 0 Å². The minimum Gasteiger partial charge on any atom is -0.463 e. The number of carbonyl (C=O) groups excluding carboxylic acids is 1. The lowest BCUT2D eigenvalue weighted by molar-refractivity contribution is 0.0586. The number of hydrogen-bond donors (Lipinski definition) is 1. The number of hydrogen-bond acceptors (Lipinski definition) is 5. The van der Waals surface area contributed by atoms with Gasteiger partial charge >= 0.3 is 5.97 Å². The van der Waals surface area contributed by atoms with E-state index in [1.54, 1.807) is 6.07 Å². The zero-order valence-electron chi connectivity index (χ0n) is 9.27. The summed E-state index contributed by atoms with van der Waals surface area (Å²) in [6.45, 7) is 0. The smallest absolute Gasteiger partial charge is 0.376 e. The van der Waals surface area contributed by atoms with Crippen LogP contribution in [-0.2, 0) is 4.74 Å². The molecule has 0 spiro atoms. The maximum Gasteiger partial charge on any atom is 0.376 e. The highest BCUT2D eigenvalue weighted by Gasteiger charge is 2.21. The lowest BCUT2D eigenvalue weighted by Crippen LogP contribution is -2.12. The fourth-order valence-corrected chi connectivity index (χ4v) is 2.10. The Hall–Kier alpha value is -1.65. The second-order valence-electron chi connectivity index (χ2n) is 4.01. The summed E-state index contributed by atoms with van der Waals surface area (Å²) >= 11 is 0. The molecule has 0 unspecified atom stereocenters. The molecule has 1 fully saturated rings. The molecule has 0 aromatic carbocycles. The fourth-order valence-electron chi connectivity index (χ4n) is 2.10. The molecule has 5 heteroatoms. The average Bonchev–Trinajstić information content (AvgIpc) is 2.80. The van der Waals surface area contributed by atoms with Crippen LogP contribution < -0.4 is 5.73 Å². The number of esters is 1. The van der Waals surface area contributed by atoms with E-state index >= 15 is 0 Å². The van der Waals surface area contributed by atoms with Crippen molar-refractivity contribution in [2.24, 2.45) is 0 Å².